The second kappa shape index (κ2) is 11.0. The number of sulfonamides is 1. The molecule has 0 aliphatic carbocycles. The van der Waals surface area contributed by atoms with Gasteiger partial charge in [-0.25, -0.2) is 16.8 Å². The number of nitrogens with one attached hydrogen (secondary N) is 1. The van der Waals surface area contributed by atoms with Crippen molar-refractivity contribution in [3.8, 4) is 16.9 Å². The van der Waals surface area contributed by atoms with Crippen LogP contribution in [-0.2, 0) is 24.7 Å². The number of hydrogen-bond acceptors (Lipinski definition) is 6. The number of amides is 1. The fourth-order valence-electron chi connectivity index (χ4n) is 4.22. The van der Waals surface area contributed by atoms with E-state index in [0.717, 1.165) is 24.0 Å². The summed E-state index contributed by atoms with van der Waals surface area (Å²) in [5.74, 6) is -1.51. The molecule has 1 saturated heterocycles. The van der Waals surface area contributed by atoms with Gasteiger partial charge in [-0.2, -0.15) is 4.31 Å². The van der Waals surface area contributed by atoms with E-state index >= 15 is 0 Å². The van der Waals surface area contributed by atoms with Crippen molar-refractivity contribution in [2.75, 3.05) is 24.7 Å². The molecule has 1 aliphatic heterocycles. The highest BCUT2D eigenvalue weighted by atomic mass is 32.2. The molecule has 0 bridgehead atoms. The largest absolute Gasteiger partial charge is 0.573 e. The third kappa shape index (κ3) is 7.16. The summed E-state index contributed by atoms with van der Waals surface area (Å²) >= 11 is 0. The van der Waals surface area contributed by atoms with Gasteiger partial charge in [-0.05, 0) is 72.5 Å². The number of hydrogen-bond donors (Lipinski definition) is 1. The van der Waals surface area contributed by atoms with Crippen LogP contribution in [0.3, 0.4) is 0 Å². The van der Waals surface area contributed by atoms with Crippen LogP contribution in [0.2, 0.25) is 0 Å². The summed E-state index contributed by atoms with van der Waals surface area (Å²) in [7, 11) is -7.23. The smallest absolute Gasteiger partial charge is 0.406 e. The second-order valence-corrected chi connectivity index (χ2v) is 13.0. The fourth-order valence-corrected chi connectivity index (χ4v) is 6.38. The van der Waals surface area contributed by atoms with Crippen LogP contribution in [0.1, 0.15) is 12.8 Å². The molecule has 0 saturated carbocycles. The van der Waals surface area contributed by atoms with E-state index in [2.05, 4.69) is 10.1 Å². The number of piperidine rings is 1. The van der Waals surface area contributed by atoms with E-state index in [1.54, 1.807) is 24.3 Å². The van der Waals surface area contributed by atoms with E-state index in [1.807, 2.05) is 0 Å². The molecule has 13 heteroatoms. The number of sulfone groups is 1. The Kier molecular flexibility index (Phi) is 8.05. The van der Waals surface area contributed by atoms with Crippen molar-refractivity contribution in [1.29, 1.82) is 0 Å². The Labute approximate surface area is 224 Å². The van der Waals surface area contributed by atoms with Crippen LogP contribution in [0, 0.1) is 5.92 Å². The number of rotatable bonds is 7. The molecule has 1 heterocycles. The molecule has 1 N–H and O–H groups in total. The summed E-state index contributed by atoms with van der Waals surface area (Å²) in [4.78, 5) is 13.0. The number of alkyl halides is 3. The molecule has 1 unspecified atom stereocenters. The molecule has 8 nitrogen and oxygen atoms in total. The molecule has 1 fully saturated rings. The van der Waals surface area contributed by atoms with Crippen molar-refractivity contribution in [3.63, 3.8) is 0 Å². The highest BCUT2D eigenvalue weighted by Gasteiger charge is 2.34. The van der Waals surface area contributed by atoms with Gasteiger partial charge in [0.1, 0.15) is 5.75 Å². The molecule has 4 rings (SSSR count). The summed E-state index contributed by atoms with van der Waals surface area (Å²) in [5, 5.41) is 2.62. The van der Waals surface area contributed by atoms with Gasteiger partial charge in [0.05, 0.1) is 15.7 Å². The van der Waals surface area contributed by atoms with Crippen molar-refractivity contribution in [3.05, 3.63) is 72.8 Å². The second-order valence-electron chi connectivity index (χ2n) is 9.08. The maximum atomic E-state index is 13.3. The fraction of sp³-hybridized carbons (Fsp3) is 0.269. The number of anilines is 1. The monoisotopic (exact) mass is 582 g/mol. The first-order chi connectivity index (χ1) is 18.2. The molecule has 39 heavy (non-hydrogen) atoms. The van der Waals surface area contributed by atoms with E-state index < -0.39 is 43.8 Å². The van der Waals surface area contributed by atoms with Gasteiger partial charge < -0.3 is 10.1 Å². The van der Waals surface area contributed by atoms with Crippen molar-refractivity contribution in [1.82, 2.24) is 4.31 Å². The Balaban J connectivity index is 1.41. The lowest BCUT2D eigenvalue weighted by atomic mass is 9.99. The lowest BCUT2D eigenvalue weighted by Crippen LogP contribution is -2.43. The first-order valence-electron chi connectivity index (χ1n) is 11.8. The summed E-state index contributed by atoms with van der Waals surface area (Å²) in [5.41, 5.74) is 1.69. The molecule has 0 spiro atoms. The number of ether oxygens (including phenoxy) is 1. The molecule has 0 radical (unpaired) electrons. The molecule has 1 amide bonds. The van der Waals surface area contributed by atoms with Crippen molar-refractivity contribution < 1.29 is 39.5 Å². The number of nitrogens with zero attached hydrogens (tertiary/aromatic N) is 1. The van der Waals surface area contributed by atoms with Gasteiger partial charge in [-0.15, -0.1) is 13.2 Å². The molecular formula is C26H25F3N2O6S2. The molecule has 3 aromatic rings. The Morgan fingerprint density at radius 3 is 1.92 bits per heavy atom. The van der Waals surface area contributed by atoms with Crippen LogP contribution < -0.4 is 10.1 Å². The van der Waals surface area contributed by atoms with E-state index in [1.165, 1.54) is 40.7 Å². The Morgan fingerprint density at radius 2 is 1.41 bits per heavy atom. The highest BCUT2D eigenvalue weighted by Crippen LogP contribution is 2.28. The molecule has 3 aromatic carbocycles. The van der Waals surface area contributed by atoms with E-state index in [9.17, 15) is 34.8 Å². The molecule has 1 atom stereocenters. The minimum absolute atomic E-state index is 0.0435. The average Bonchev–Trinajstić information content (AvgIpc) is 2.89. The number of carbonyl (C=O) groups is 1. The third-order valence-corrected chi connectivity index (χ3v) is 9.23. The minimum Gasteiger partial charge on any atom is -0.406 e. The van der Waals surface area contributed by atoms with Gasteiger partial charge in [-0.1, -0.05) is 24.3 Å². The molecule has 208 valence electrons. The molecule has 0 aromatic heterocycles. The predicted molar refractivity (Wildman–Crippen MR) is 138 cm³/mol. The first-order valence-corrected chi connectivity index (χ1v) is 15.1. The number of halogens is 3. The first kappa shape index (κ1) is 28.6. The summed E-state index contributed by atoms with van der Waals surface area (Å²) in [6, 6.07) is 17.1. The van der Waals surface area contributed by atoms with Crippen molar-refractivity contribution in [2.24, 2.45) is 5.92 Å². The lowest BCUT2D eigenvalue weighted by molar-refractivity contribution is -0.274. The van der Waals surface area contributed by atoms with Crippen LogP contribution in [0.25, 0.3) is 11.1 Å². The van der Waals surface area contributed by atoms with Gasteiger partial charge in [0.2, 0.25) is 15.9 Å². The zero-order valence-corrected chi connectivity index (χ0v) is 22.3. The molecular weight excluding hydrogens is 557 g/mol. The van der Waals surface area contributed by atoms with Crippen LogP contribution in [0.4, 0.5) is 18.9 Å². The van der Waals surface area contributed by atoms with Gasteiger partial charge in [0.15, 0.2) is 9.84 Å². The zero-order valence-electron chi connectivity index (χ0n) is 20.7. The lowest BCUT2D eigenvalue weighted by Gasteiger charge is -2.31. The van der Waals surface area contributed by atoms with Gasteiger partial charge >= 0.3 is 6.36 Å². The Morgan fingerprint density at radius 1 is 0.872 bits per heavy atom. The zero-order chi connectivity index (χ0) is 28.4. The summed E-state index contributed by atoms with van der Waals surface area (Å²) < 4.78 is 92.0. The minimum atomic E-state index is -4.83. The van der Waals surface area contributed by atoms with Crippen LogP contribution >= 0.6 is 0 Å². The van der Waals surface area contributed by atoms with E-state index in [0.29, 0.717) is 18.4 Å². The van der Waals surface area contributed by atoms with Gasteiger partial charge in [-0.3, -0.25) is 4.79 Å². The van der Waals surface area contributed by atoms with Crippen LogP contribution in [-0.4, -0.2) is 52.8 Å². The maximum Gasteiger partial charge on any atom is 0.573 e. The maximum absolute atomic E-state index is 13.3. The molecule has 1 aliphatic rings. The van der Waals surface area contributed by atoms with Gasteiger partial charge in [0, 0.05) is 25.0 Å². The Hall–Kier alpha value is -3.42. The van der Waals surface area contributed by atoms with Gasteiger partial charge in [0.25, 0.3) is 0 Å². The quantitative estimate of drug-likeness (QED) is 0.433. The average molecular weight is 583 g/mol. The highest BCUT2D eigenvalue weighted by molar-refractivity contribution is 7.90. The SMILES string of the molecule is CS(=O)(=O)c1ccc(-c2ccc(S(=O)(=O)N3CCCC(C(=O)Nc4ccc(OC(F)(F)F)cc4)C3)cc2)cc1. The Bertz CT molecular complexity index is 1540. The van der Waals surface area contributed by atoms with E-state index in [-0.39, 0.29) is 28.6 Å². The number of benzene rings is 3. The van der Waals surface area contributed by atoms with Crippen LogP contribution in [0.15, 0.2) is 82.6 Å². The van der Waals surface area contributed by atoms with Crippen molar-refractivity contribution in [2.45, 2.75) is 29.0 Å². The predicted octanol–water partition coefficient (Wildman–Crippen LogP) is 4.70. The summed E-state index contributed by atoms with van der Waals surface area (Å²) in [6.07, 6.45) is -2.80. The topological polar surface area (TPSA) is 110 Å². The van der Waals surface area contributed by atoms with Crippen molar-refractivity contribution >= 4 is 31.5 Å². The van der Waals surface area contributed by atoms with Crippen LogP contribution in [0.5, 0.6) is 5.75 Å². The summed E-state index contributed by atoms with van der Waals surface area (Å²) in [6.45, 7) is 0.197. The normalized spacial score (nSPS) is 17.0. The number of carbonyl (C=O) groups excluding carboxylic acids is 1. The third-order valence-electron chi connectivity index (χ3n) is 6.22. The standard InChI is InChI=1S/C26H25F3N2O6S2/c1-38(33,34)23-12-4-18(5-13-23)19-6-14-24(15-7-19)39(35,36)31-16-2-3-20(17-31)25(32)30-21-8-10-22(11-9-21)37-26(27,28)29/h4-15,20H,2-3,16-17H2,1H3,(H,30,32). The van der Waals surface area contributed by atoms with E-state index in [4.69, 9.17) is 0 Å².